The van der Waals surface area contributed by atoms with Crippen molar-refractivity contribution in [2.45, 2.75) is 12.0 Å². The molecule has 0 spiro atoms. The minimum absolute atomic E-state index is 0.118. The van der Waals surface area contributed by atoms with Gasteiger partial charge in [0.2, 0.25) is 5.78 Å². The summed E-state index contributed by atoms with van der Waals surface area (Å²) in [5.74, 6) is -0.443. The molecule has 3 nitrogen and oxygen atoms in total. The second-order valence-electron chi connectivity index (χ2n) is 6.78. The number of hydrogen-bond acceptors (Lipinski definition) is 3. The van der Waals surface area contributed by atoms with Gasteiger partial charge in [0.25, 0.3) is 0 Å². The molecular formula is C24H16O3. The SMILES string of the molecule is O=C1C2=C(C(=O)c3ccccc31)[C@@H](c1ccccc1)[C@H](c1ccccc1)O2. The lowest BCUT2D eigenvalue weighted by Crippen LogP contribution is -2.22. The summed E-state index contributed by atoms with van der Waals surface area (Å²) in [5, 5.41) is 0. The second-order valence-corrected chi connectivity index (χ2v) is 6.78. The molecule has 5 rings (SSSR count). The number of hydrogen-bond donors (Lipinski definition) is 0. The van der Waals surface area contributed by atoms with Crippen LogP contribution in [0.3, 0.4) is 0 Å². The topological polar surface area (TPSA) is 43.4 Å². The predicted octanol–water partition coefficient (Wildman–Crippen LogP) is 4.88. The van der Waals surface area contributed by atoms with E-state index in [4.69, 9.17) is 4.74 Å². The Hall–Kier alpha value is -3.46. The lowest BCUT2D eigenvalue weighted by Gasteiger charge is -2.21. The molecule has 0 radical (unpaired) electrons. The molecule has 0 fully saturated rings. The van der Waals surface area contributed by atoms with Crippen LogP contribution in [0.2, 0.25) is 0 Å². The van der Waals surface area contributed by atoms with Crippen molar-refractivity contribution in [1.82, 2.24) is 0 Å². The molecule has 130 valence electrons. The van der Waals surface area contributed by atoms with Gasteiger partial charge in [-0.15, -0.1) is 0 Å². The van der Waals surface area contributed by atoms with Crippen molar-refractivity contribution in [3.05, 3.63) is 119 Å². The highest BCUT2D eigenvalue weighted by Crippen LogP contribution is 2.50. The number of allylic oxidation sites excluding steroid dienone is 1. The summed E-state index contributed by atoms with van der Waals surface area (Å²) in [5.41, 5.74) is 3.27. The second kappa shape index (κ2) is 6.06. The number of ketones is 2. The maximum Gasteiger partial charge on any atom is 0.228 e. The molecule has 2 aliphatic rings. The van der Waals surface area contributed by atoms with E-state index >= 15 is 0 Å². The van der Waals surface area contributed by atoms with Crippen molar-refractivity contribution in [2.24, 2.45) is 0 Å². The van der Waals surface area contributed by atoms with E-state index in [-0.39, 0.29) is 23.2 Å². The summed E-state index contributed by atoms with van der Waals surface area (Å²) in [6.45, 7) is 0. The summed E-state index contributed by atoms with van der Waals surface area (Å²) in [7, 11) is 0. The van der Waals surface area contributed by atoms with Gasteiger partial charge in [0.1, 0.15) is 6.10 Å². The Labute approximate surface area is 156 Å². The monoisotopic (exact) mass is 352 g/mol. The van der Waals surface area contributed by atoms with Gasteiger partial charge in [-0.3, -0.25) is 9.59 Å². The van der Waals surface area contributed by atoms with Gasteiger partial charge in [0.15, 0.2) is 11.5 Å². The third kappa shape index (κ3) is 2.36. The molecule has 1 aliphatic heterocycles. The Kier molecular flexibility index (Phi) is 3.54. The van der Waals surface area contributed by atoms with E-state index in [1.807, 2.05) is 60.7 Å². The molecule has 0 saturated carbocycles. The summed E-state index contributed by atoms with van der Waals surface area (Å²) in [4.78, 5) is 26.4. The Morgan fingerprint density at radius 1 is 0.593 bits per heavy atom. The van der Waals surface area contributed by atoms with Crippen LogP contribution in [-0.4, -0.2) is 11.6 Å². The van der Waals surface area contributed by atoms with E-state index in [9.17, 15) is 9.59 Å². The van der Waals surface area contributed by atoms with Crippen molar-refractivity contribution >= 4 is 11.6 Å². The third-order valence-corrected chi connectivity index (χ3v) is 5.26. The number of Topliss-reactive ketones (excluding diaryl/α,β-unsaturated/α-hetero) is 2. The third-order valence-electron chi connectivity index (χ3n) is 5.26. The van der Waals surface area contributed by atoms with Crippen LogP contribution in [0.5, 0.6) is 0 Å². The van der Waals surface area contributed by atoms with Gasteiger partial charge >= 0.3 is 0 Å². The first-order chi connectivity index (χ1) is 13.3. The molecule has 0 aromatic heterocycles. The van der Waals surface area contributed by atoms with Crippen LogP contribution in [-0.2, 0) is 4.74 Å². The maximum absolute atomic E-state index is 13.3. The number of rotatable bonds is 2. The minimum Gasteiger partial charge on any atom is -0.480 e. The van der Waals surface area contributed by atoms with Gasteiger partial charge in [0.05, 0.1) is 11.5 Å². The van der Waals surface area contributed by atoms with Crippen molar-refractivity contribution in [3.8, 4) is 0 Å². The summed E-state index contributed by atoms with van der Waals surface area (Å²) < 4.78 is 6.17. The predicted molar refractivity (Wildman–Crippen MR) is 102 cm³/mol. The van der Waals surface area contributed by atoms with E-state index in [0.29, 0.717) is 16.7 Å². The summed E-state index contributed by atoms with van der Waals surface area (Å²) in [6.07, 6.45) is -0.402. The standard InChI is InChI=1S/C24H16O3/c25-21-17-13-7-8-14-18(17)22(26)24-20(21)19(15-9-3-1-4-10-15)23(27-24)16-11-5-2-6-12-16/h1-14,19,23H/t19-,23+/m1/s1. The van der Waals surface area contributed by atoms with E-state index in [0.717, 1.165) is 11.1 Å². The molecule has 1 aliphatic carbocycles. The van der Waals surface area contributed by atoms with Gasteiger partial charge in [-0.1, -0.05) is 84.9 Å². The maximum atomic E-state index is 13.3. The fraction of sp³-hybridized carbons (Fsp3) is 0.0833. The molecule has 0 N–H and O–H groups in total. The molecular weight excluding hydrogens is 336 g/mol. The number of ether oxygens (including phenoxy) is 1. The van der Waals surface area contributed by atoms with Crippen molar-refractivity contribution < 1.29 is 14.3 Å². The van der Waals surface area contributed by atoms with Crippen LogP contribution in [0.15, 0.2) is 96.3 Å². The molecule has 27 heavy (non-hydrogen) atoms. The number of carbonyl (C=O) groups is 2. The van der Waals surface area contributed by atoms with Gasteiger partial charge in [-0.2, -0.15) is 0 Å². The average Bonchev–Trinajstić information content (AvgIpc) is 3.14. The Balaban J connectivity index is 1.71. The fourth-order valence-electron chi connectivity index (χ4n) is 4.02. The Morgan fingerprint density at radius 2 is 1.11 bits per heavy atom. The van der Waals surface area contributed by atoms with Crippen molar-refractivity contribution in [1.29, 1.82) is 0 Å². The quantitative estimate of drug-likeness (QED) is 0.660. The van der Waals surface area contributed by atoms with Gasteiger partial charge in [-0.25, -0.2) is 0 Å². The van der Waals surface area contributed by atoms with Gasteiger partial charge < -0.3 is 4.74 Å². The van der Waals surface area contributed by atoms with Crippen LogP contribution in [0, 0.1) is 0 Å². The lowest BCUT2D eigenvalue weighted by atomic mass is 9.78. The van der Waals surface area contributed by atoms with Crippen LogP contribution in [0.4, 0.5) is 0 Å². The molecule has 3 aromatic carbocycles. The van der Waals surface area contributed by atoms with Gasteiger partial charge in [0, 0.05) is 11.1 Å². The molecule has 0 unspecified atom stereocenters. The number of benzene rings is 3. The molecule has 0 amide bonds. The van der Waals surface area contributed by atoms with Crippen molar-refractivity contribution in [2.75, 3.05) is 0 Å². The van der Waals surface area contributed by atoms with Crippen LogP contribution in [0.1, 0.15) is 43.9 Å². The van der Waals surface area contributed by atoms with Crippen LogP contribution in [0.25, 0.3) is 0 Å². The van der Waals surface area contributed by atoms with E-state index in [1.54, 1.807) is 24.3 Å². The zero-order chi connectivity index (χ0) is 18.4. The number of fused-ring (bicyclic) bond motifs is 1. The first kappa shape index (κ1) is 15.8. The first-order valence-corrected chi connectivity index (χ1v) is 8.95. The Morgan fingerprint density at radius 3 is 1.74 bits per heavy atom. The highest BCUT2D eigenvalue weighted by Gasteiger charge is 2.47. The molecule has 3 aromatic rings. The zero-order valence-corrected chi connectivity index (χ0v) is 14.5. The van der Waals surface area contributed by atoms with Gasteiger partial charge in [-0.05, 0) is 11.1 Å². The molecule has 0 bridgehead atoms. The lowest BCUT2D eigenvalue weighted by molar-refractivity contribution is 0.0824. The van der Waals surface area contributed by atoms with E-state index < -0.39 is 6.10 Å². The normalized spacial score (nSPS) is 20.9. The zero-order valence-electron chi connectivity index (χ0n) is 14.5. The van der Waals surface area contributed by atoms with Crippen LogP contribution >= 0.6 is 0 Å². The van der Waals surface area contributed by atoms with E-state index in [1.165, 1.54) is 0 Å². The Bertz CT molecular complexity index is 1080. The first-order valence-electron chi connectivity index (χ1n) is 8.95. The minimum atomic E-state index is -0.402. The summed E-state index contributed by atoms with van der Waals surface area (Å²) >= 11 is 0. The molecule has 2 atom stereocenters. The van der Waals surface area contributed by atoms with E-state index in [2.05, 4.69) is 0 Å². The highest BCUT2D eigenvalue weighted by molar-refractivity contribution is 6.27. The number of carbonyl (C=O) groups excluding carboxylic acids is 2. The summed E-state index contributed by atoms with van der Waals surface area (Å²) in [6, 6.07) is 26.5. The average molecular weight is 352 g/mol. The molecule has 0 saturated heterocycles. The fourth-order valence-corrected chi connectivity index (χ4v) is 4.02. The highest BCUT2D eigenvalue weighted by atomic mass is 16.5. The van der Waals surface area contributed by atoms with Crippen LogP contribution < -0.4 is 0 Å². The molecule has 1 heterocycles. The largest absolute Gasteiger partial charge is 0.480 e. The smallest absolute Gasteiger partial charge is 0.228 e. The van der Waals surface area contributed by atoms with Crippen molar-refractivity contribution in [3.63, 3.8) is 0 Å². The molecule has 3 heteroatoms.